The first-order valence-corrected chi connectivity index (χ1v) is 11.9. The summed E-state index contributed by atoms with van der Waals surface area (Å²) in [7, 11) is 0. The third kappa shape index (κ3) is 4.33. The van der Waals surface area contributed by atoms with E-state index in [0.29, 0.717) is 23.2 Å². The zero-order valence-corrected chi connectivity index (χ0v) is 19.1. The molecule has 3 heterocycles. The van der Waals surface area contributed by atoms with Crippen LogP contribution in [0.3, 0.4) is 0 Å². The molecule has 0 saturated heterocycles. The Morgan fingerprint density at radius 3 is 2.72 bits per heavy atom. The van der Waals surface area contributed by atoms with Gasteiger partial charge in [0, 0.05) is 18.8 Å². The summed E-state index contributed by atoms with van der Waals surface area (Å²) in [6.45, 7) is 4.65. The fourth-order valence-corrected chi connectivity index (χ4v) is 4.69. The zero-order valence-electron chi connectivity index (χ0n) is 19.1. The van der Waals surface area contributed by atoms with Gasteiger partial charge in [0.25, 0.3) is 11.5 Å². The van der Waals surface area contributed by atoms with E-state index in [4.69, 9.17) is 10.4 Å². The SMILES string of the molecule is CCCCCCn1c(=N)c(C(=O)NC2CCCCC2)cc2c(=O)n3cccc(C)c3nc21. The summed E-state index contributed by atoms with van der Waals surface area (Å²) in [4.78, 5) is 31.3. The summed E-state index contributed by atoms with van der Waals surface area (Å²) < 4.78 is 3.29. The average Bonchev–Trinajstić information content (AvgIpc) is 2.79. The summed E-state index contributed by atoms with van der Waals surface area (Å²) in [5, 5.41) is 12.3. The van der Waals surface area contributed by atoms with E-state index in [9.17, 15) is 9.59 Å². The second-order valence-corrected chi connectivity index (χ2v) is 8.97. The molecule has 0 atom stereocenters. The first kappa shape index (κ1) is 22.2. The summed E-state index contributed by atoms with van der Waals surface area (Å²) >= 11 is 0. The van der Waals surface area contributed by atoms with Gasteiger partial charge in [0.1, 0.15) is 16.8 Å². The van der Waals surface area contributed by atoms with Gasteiger partial charge < -0.3 is 9.88 Å². The molecule has 0 bridgehead atoms. The number of nitrogens with one attached hydrogen (secondary N) is 2. The van der Waals surface area contributed by atoms with E-state index in [-0.39, 0.29) is 28.6 Å². The summed E-state index contributed by atoms with van der Waals surface area (Å²) in [5.41, 5.74) is 2.15. The minimum atomic E-state index is -0.264. The maximum absolute atomic E-state index is 13.4. The van der Waals surface area contributed by atoms with Crippen molar-refractivity contribution in [2.24, 2.45) is 0 Å². The molecule has 32 heavy (non-hydrogen) atoms. The number of nitrogens with zero attached hydrogens (tertiary/aromatic N) is 3. The minimum Gasteiger partial charge on any atom is -0.349 e. The van der Waals surface area contributed by atoms with Crippen molar-refractivity contribution < 1.29 is 4.79 Å². The molecule has 1 saturated carbocycles. The molecule has 1 aliphatic carbocycles. The molecule has 1 fully saturated rings. The Bertz CT molecular complexity index is 1250. The Kier molecular flexibility index (Phi) is 6.72. The number of amides is 1. The number of aromatic nitrogens is 3. The van der Waals surface area contributed by atoms with Crippen LogP contribution < -0.4 is 16.4 Å². The van der Waals surface area contributed by atoms with E-state index in [1.54, 1.807) is 16.8 Å². The van der Waals surface area contributed by atoms with E-state index < -0.39 is 0 Å². The molecule has 0 radical (unpaired) electrons. The van der Waals surface area contributed by atoms with Gasteiger partial charge in [-0.3, -0.25) is 19.4 Å². The van der Waals surface area contributed by atoms with Gasteiger partial charge in [-0.05, 0) is 43.9 Å². The van der Waals surface area contributed by atoms with Crippen molar-refractivity contribution in [1.82, 2.24) is 19.3 Å². The number of pyridine rings is 2. The molecule has 0 unspecified atom stereocenters. The van der Waals surface area contributed by atoms with Crippen molar-refractivity contribution in [2.45, 2.75) is 84.2 Å². The number of fused-ring (bicyclic) bond motifs is 2. The Morgan fingerprint density at radius 1 is 1.19 bits per heavy atom. The van der Waals surface area contributed by atoms with E-state index in [2.05, 4.69) is 12.2 Å². The molecule has 7 nitrogen and oxygen atoms in total. The first-order valence-electron chi connectivity index (χ1n) is 11.9. The van der Waals surface area contributed by atoms with Crippen LogP contribution >= 0.6 is 0 Å². The lowest BCUT2D eigenvalue weighted by Crippen LogP contribution is -2.40. The number of unbranched alkanes of at least 4 members (excludes halogenated alkanes) is 3. The van der Waals surface area contributed by atoms with E-state index in [1.807, 2.05) is 19.1 Å². The van der Waals surface area contributed by atoms with Crippen LogP contribution in [0.4, 0.5) is 0 Å². The fraction of sp³-hybridized carbons (Fsp3) is 0.520. The largest absolute Gasteiger partial charge is 0.349 e. The number of rotatable bonds is 7. The average molecular weight is 436 g/mol. The lowest BCUT2D eigenvalue weighted by molar-refractivity contribution is 0.0925. The Morgan fingerprint density at radius 2 is 1.97 bits per heavy atom. The third-order valence-corrected chi connectivity index (χ3v) is 6.55. The highest BCUT2D eigenvalue weighted by Crippen LogP contribution is 2.18. The lowest BCUT2D eigenvalue weighted by atomic mass is 9.95. The van der Waals surface area contributed by atoms with E-state index in [0.717, 1.165) is 56.9 Å². The van der Waals surface area contributed by atoms with Gasteiger partial charge in [0.15, 0.2) is 0 Å². The fourth-order valence-electron chi connectivity index (χ4n) is 4.69. The molecule has 1 aliphatic rings. The predicted molar refractivity (Wildman–Crippen MR) is 126 cm³/mol. The Labute approximate surface area is 188 Å². The molecule has 0 aromatic carbocycles. The van der Waals surface area contributed by atoms with Crippen LogP contribution in [0, 0.1) is 12.3 Å². The molecule has 3 aromatic heterocycles. The van der Waals surface area contributed by atoms with Gasteiger partial charge in [-0.1, -0.05) is 51.5 Å². The van der Waals surface area contributed by atoms with E-state index in [1.165, 1.54) is 10.8 Å². The lowest BCUT2D eigenvalue weighted by Gasteiger charge is -2.23. The van der Waals surface area contributed by atoms with Gasteiger partial charge in [-0.15, -0.1) is 0 Å². The standard InChI is InChI=1S/C25H33N5O2/c1-3-4-5-9-14-29-21(26)19(24(31)27-18-12-7-6-8-13-18)16-20-23(29)28-22-17(2)11-10-15-30(22)25(20)32/h10-11,15-16,18,26H,3-9,12-14H2,1-2H3,(H,27,31). The molecule has 170 valence electrons. The van der Waals surface area contributed by atoms with Crippen LogP contribution in [0.5, 0.6) is 0 Å². The van der Waals surface area contributed by atoms with Crippen molar-refractivity contribution >= 4 is 22.6 Å². The minimum absolute atomic E-state index is 0.132. The zero-order chi connectivity index (χ0) is 22.7. The molecule has 1 amide bonds. The Balaban J connectivity index is 1.85. The highest BCUT2D eigenvalue weighted by molar-refractivity contribution is 5.97. The van der Waals surface area contributed by atoms with Gasteiger partial charge in [0.2, 0.25) is 0 Å². The maximum Gasteiger partial charge on any atom is 0.267 e. The normalized spacial score (nSPS) is 14.8. The highest BCUT2D eigenvalue weighted by Gasteiger charge is 2.21. The highest BCUT2D eigenvalue weighted by atomic mass is 16.2. The molecular formula is C25H33N5O2. The summed E-state index contributed by atoms with van der Waals surface area (Å²) in [6.07, 6.45) is 11.2. The second-order valence-electron chi connectivity index (χ2n) is 8.97. The first-order chi connectivity index (χ1) is 15.5. The van der Waals surface area contributed by atoms with Crippen molar-refractivity contribution in [3.05, 3.63) is 51.4 Å². The molecule has 0 spiro atoms. The van der Waals surface area contributed by atoms with Crippen LogP contribution in [0.2, 0.25) is 0 Å². The molecule has 4 rings (SSSR count). The summed E-state index contributed by atoms with van der Waals surface area (Å²) in [6, 6.07) is 5.46. The van der Waals surface area contributed by atoms with Gasteiger partial charge in [0.05, 0.1) is 10.9 Å². The second kappa shape index (κ2) is 9.67. The maximum atomic E-state index is 13.4. The molecule has 3 aromatic rings. The number of hydrogen-bond donors (Lipinski definition) is 2. The van der Waals surface area contributed by atoms with Crippen LogP contribution in [0.15, 0.2) is 29.2 Å². The van der Waals surface area contributed by atoms with Crippen LogP contribution in [-0.2, 0) is 6.54 Å². The third-order valence-electron chi connectivity index (χ3n) is 6.55. The van der Waals surface area contributed by atoms with E-state index >= 15 is 0 Å². The predicted octanol–water partition coefficient (Wildman–Crippen LogP) is 4.08. The number of carbonyl (C=O) groups excluding carboxylic acids is 1. The van der Waals surface area contributed by atoms with Gasteiger partial charge in [-0.25, -0.2) is 4.98 Å². The number of carbonyl (C=O) groups is 1. The topological polar surface area (TPSA) is 92.2 Å². The molecule has 7 heteroatoms. The van der Waals surface area contributed by atoms with Crippen LogP contribution in [0.25, 0.3) is 16.7 Å². The van der Waals surface area contributed by atoms with Crippen molar-refractivity contribution in [3.8, 4) is 0 Å². The number of aryl methyl sites for hydroxylation is 2. The van der Waals surface area contributed by atoms with Crippen LogP contribution in [-0.4, -0.2) is 25.9 Å². The quantitative estimate of drug-likeness (QED) is 0.433. The van der Waals surface area contributed by atoms with Crippen molar-refractivity contribution in [3.63, 3.8) is 0 Å². The molecule has 0 aliphatic heterocycles. The van der Waals surface area contributed by atoms with Gasteiger partial charge >= 0.3 is 0 Å². The summed E-state index contributed by atoms with van der Waals surface area (Å²) in [5.74, 6) is -0.264. The molecule has 2 N–H and O–H groups in total. The van der Waals surface area contributed by atoms with Crippen LogP contribution in [0.1, 0.15) is 80.6 Å². The smallest absolute Gasteiger partial charge is 0.267 e. The molecular weight excluding hydrogens is 402 g/mol. The van der Waals surface area contributed by atoms with Crippen molar-refractivity contribution in [1.29, 1.82) is 5.41 Å². The van der Waals surface area contributed by atoms with Crippen molar-refractivity contribution in [2.75, 3.05) is 0 Å². The number of hydrogen-bond acceptors (Lipinski definition) is 4. The Hall–Kier alpha value is -2.96. The van der Waals surface area contributed by atoms with Gasteiger partial charge in [-0.2, -0.15) is 0 Å². The monoisotopic (exact) mass is 435 g/mol.